The first kappa shape index (κ1) is 20.5. The number of halogens is 1. The van der Waals surface area contributed by atoms with Crippen molar-refractivity contribution in [2.75, 3.05) is 19.5 Å². The zero-order chi connectivity index (χ0) is 18.4. The number of anilines is 1. The van der Waals surface area contributed by atoms with Crippen molar-refractivity contribution in [3.63, 3.8) is 0 Å². The van der Waals surface area contributed by atoms with Crippen LogP contribution < -0.4 is 20.5 Å². The normalized spacial score (nSPS) is 10.8. The molecule has 0 bridgehead atoms. The second-order valence-electron chi connectivity index (χ2n) is 5.39. The summed E-state index contributed by atoms with van der Waals surface area (Å²) in [6.07, 6.45) is 7.00. The number of guanidine groups is 1. The Morgan fingerprint density at radius 3 is 2.70 bits per heavy atom. The Kier molecular flexibility index (Phi) is 7.41. The number of hydrogen-bond acceptors (Lipinski definition) is 5. The number of benzene rings is 1. The van der Waals surface area contributed by atoms with Crippen molar-refractivity contribution in [2.45, 2.75) is 6.54 Å². The highest BCUT2D eigenvalue weighted by Gasteiger charge is 2.06. The molecule has 0 saturated carbocycles. The summed E-state index contributed by atoms with van der Waals surface area (Å²) in [7, 11) is 3.19. The molecule has 0 unspecified atom stereocenters. The van der Waals surface area contributed by atoms with Gasteiger partial charge in [-0.3, -0.25) is 4.57 Å². The molecule has 0 fully saturated rings. The van der Waals surface area contributed by atoms with E-state index in [9.17, 15) is 0 Å². The molecule has 0 radical (unpaired) electrons. The van der Waals surface area contributed by atoms with Crippen molar-refractivity contribution in [3.05, 3.63) is 60.8 Å². The maximum Gasteiger partial charge on any atom is 0.193 e. The highest BCUT2D eigenvalue weighted by atomic mass is 127. The van der Waals surface area contributed by atoms with E-state index in [0.717, 1.165) is 11.4 Å². The zero-order valence-electron chi connectivity index (χ0n) is 15.0. The lowest BCUT2D eigenvalue weighted by Gasteiger charge is -2.12. The van der Waals surface area contributed by atoms with Crippen LogP contribution in [0.2, 0.25) is 0 Å². The van der Waals surface area contributed by atoms with E-state index < -0.39 is 0 Å². The lowest BCUT2D eigenvalue weighted by atomic mass is 10.2. The minimum Gasteiger partial charge on any atom is -0.497 e. The summed E-state index contributed by atoms with van der Waals surface area (Å²) in [5, 5.41) is 3.03. The van der Waals surface area contributed by atoms with Gasteiger partial charge < -0.3 is 20.5 Å². The molecule has 3 rings (SSSR count). The fourth-order valence-corrected chi connectivity index (χ4v) is 2.32. The Hall–Kier alpha value is -2.82. The molecule has 0 spiro atoms. The van der Waals surface area contributed by atoms with Crippen molar-refractivity contribution in [3.8, 4) is 17.3 Å². The first-order valence-corrected chi connectivity index (χ1v) is 7.92. The van der Waals surface area contributed by atoms with Crippen molar-refractivity contribution in [2.24, 2.45) is 10.7 Å². The molecule has 27 heavy (non-hydrogen) atoms. The van der Waals surface area contributed by atoms with Crippen LogP contribution in [0.5, 0.6) is 11.5 Å². The summed E-state index contributed by atoms with van der Waals surface area (Å²) >= 11 is 0. The predicted octanol–water partition coefficient (Wildman–Crippen LogP) is 2.83. The van der Waals surface area contributed by atoms with Gasteiger partial charge in [-0.1, -0.05) is 6.07 Å². The van der Waals surface area contributed by atoms with Crippen molar-refractivity contribution < 1.29 is 9.47 Å². The Morgan fingerprint density at radius 1 is 1.22 bits per heavy atom. The first-order chi connectivity index (χ1) is 12.7. The third-order valence-electron chi connectivity index (χ3n) is 3.68. The van der Waals surface area contributed by atoms with Gasteiger partial charge in [0.15, 0.2) is 5.96 Å². The van der Waals surface area contributed by atoms with Crippen LogP contribution in [0.3, 0.4) is 0 Å². The molecule has 2 heterocycles. The van der Waals surface area contributed by atoms with E-state index >= 15 is 0 Å². The molecule has 0 saturated heterocycles. The molecule has 0 amide bonds. The van der Waals surface area contributed by atoms with Crippen LogP contribution in [0.1, 0.15) is 5.56 Å². The minimum absolute atomic E-state index is 0. The Balaban J connectivity index is 0.00000261. The minimum atomic E-state index is 0. The molecule has 0 aliphatic heterocycles. The number of hydrogen-bond donors (Lipinski definition) is 2. The lowest BCUT2D eigenvalue weighted by Crippen LogP contribution is -2.23. The second kappa shape index (κ2) is 9.76. The summed E-state index contributed by atoms with van der Waals surface area (Å²) < 4.78 is 12.4. The van der Waals surface area contributed by atoms with E-state index in [1.54, 1.807) is 45.1 Å². The van der Waals surface area contributed by atoms with Crippen LogP contribution in [0.25, 0.3) is 5.82 Å². The topological polar surface area (TPSA) is 99.6 Å². The number of ether oxygens (including phenoxy) is 2. The van der Waals surface area contributed by atoms with Gasteiger partial charge in [-0.15, -0.1) is 24.0 Å². The van der Waals surface area contributed by atoms with E-state index in [1.165, 1.54) is 0 Å². The van der Waals surface area contributed by atoms with Crippen LogP contribution in [0, 0.1) is 0 Å². The van der Waals surface area contributed by atoms with E-state index in [-0.39, 0.29) is 29.9 Å². The number of imidazole rings is 1. The average Bonchev–Trinajstić information content (AvgIpc) is 3.21. The number of aliphatic imine (C=N–C) groups is 1. The number of rotatable bonds is 6. The molecule has 3 aromatic rings. The van der Waals surface area contributed by atoms with E-state index in [1.807, 2.05) is 29.0 Å². The summed E-state index contributed by atoms with van der Waals surface area (Å²) in [6, 6.07) is 9.26. The van der Waals surface area contributed by atoms with Crippen LogP contribution in [-0.2, 0) is 6.54 Å². The fourth-order valence-electron chi connectivity index (χ4n) is 2.32. The third kappa shape index (κ3) is 5.33. The number of nitrogens with zero attached hydrogens (tertiary/aromatic N) is 4. The van der Waals surface area contributed by atoms with Gasteiger partial charge in [0.2, 0.25) is 0 Å². The SMILES string of the molecule is COc1ccc(OC)c(NC(N)=NCc2ccc(-n3ccnc3)nc2)c1.I. The molecule has 1 aromatic carbocycles. The van der Waals surface area contributed by atoms with Gasteiger partial charge in [0.05, 0.1) is 26.5 Å². The van der Waals surface area contributed by atoms with Crippen LogP contribution in [0.4, 0.5) is 5.69 Å². The second-order valence-corrected chi connectivity index (χ2v) is 5.39. The number of pyridine rings is 1. The van der Waals surface area contributed by atoms with Crippen molar-refractivity contribution in [1.82, 2.24) is 14.5 Å². The van der Waals surface area contributed by atoms with Crippen LogP contribution in [0.15, 0.2) is 60.2 Å². The molecular formula is C18H21IN6O2. The molecule has 142 valence electrons. The summed E-state index contributed by atoms with van der Waals surface area (Å²) in [5.41, 5.74) is 7.61. The van der Waals surface area contributed by atoms with Gasteiger partial charge in [0.25, 0.3) is 0 Å². The number of nitrogens with one attached hydrogen (secondary N) is 1. The predicted molar refractivity (Wildman–Crippen MR) is 115 cm³/mol. The lowest BCUT2D eigenvalue weighted by molar-refractivity contribution is 0.405. The third-order valence-corrected chi connectivity index (χ3v) is 3.68. The molecule has 8 nitrogen and oxygen atoms in total. The number of aromatic nitrogens is 3. The summed E-state index contributed by atoms with van der Waals surface area (Å²) in [6.45, 7) is 0.405. The summed E-state index contributed by atoms with van der Waals surface area (Å²) in [4.78, 5) is 12.7. The molecule has 9 heteroatoms. The Labute approximate surface area is 174 Å². The smallest absolute Gasteiger partial charge is 0.193 e. The first-order valence-electron chi connectivity index (χ1n) is 7.92. The highest BCUT2D eigenvalue weighted by molar-refractivity contribution is 14.0. The maximum atomic E-state index is 5.99. The maximum absolute atomic E-state index is 5.99. The standard InChI is InChI=1S/C18H20N6O2.HI/c1-25-14-4-5-16(26-2)15(9-14)23-18(19)22-11-13-3-6-17(21-10-13)24-8-7-20-12-24;/h3-10,12H,11H2,1-2H3,(H3,19,22,23);1H. The fraction of sp³-hybridized carbons (Fsp3) is 0.167. The molecule has 0 aliphatic carbocycles. The molecule has 0 aliphatic rings. The van der Waals surface area contributed by atoms with Crippen molar-refractivity contribution in [1.29, 1.82) is 0 Å². The average molecular weight is 480 g/mol. The van der Waals surface area contributed by atoms with E-state index in [4.69, 9.17) is 15.2 Å². The number of nitrogens with two attached hydrogens (primary N) is 1. The van der Waals surface area contributed by atoms with Crippen molar-refractivity contribution >= 4 is 35.6 Å². The zero-order valence-corrected chi connectivity index (χ0v) is 17.3. The van der Waals surface area contributed by atoms with Crippen LogP contribution >= 0.6 is 24.0 Å². The summed E-state index contributed by atoms with van der Waals surface area (Å²) in [5.74, 6) is 2.41. The Morgan fingerprint density at radius 2 is 2.07 bits per heavy atom. The van der Waals surface area contributed by atoms with Gasteiger partial charge in [-0.2, -0.15) is 0 Å². The molecule has 3 N–H and O–H groups in total. The monoisotopic (exact) mass is 480 g/mol. The van der Waals surface area contributed by atoms with E-state index in [2.05, 4.69) is 20.3 Å². The highest BCUT2D eigenvalue weighted by Crippen LogP contribution is 2.28. The largest absolute Gasteiger partial charge is 0.497 e. The van der Waals surface area contributed by atoms with Gasteiger partial charge >= 0.3 is 0 Å². The quantitative estimate of drug-likeness (QED) is 0.320. The van der Waals surface area contributed by atoms with Gasteiger partial charge in [-0.05, 0) is 23.8 Å². The van der Waals surface area contributed by atoms with Crippen LogP contribution in [-0.4, -0.2) is 34.7 Å². The molecule has 0 atom stereocenters. The Bertz CT molecular complexity index is 881. The number of methoxy groups -OCH3 is 2. The molecule has 2 aromatic heterocycles. The van der Waals surface area contributed by atoms with Gasteiger partial charge in [-0.25, -0.2) is 15.0 Å². The van der Waals surface area contributed by atoms with Gasteiger partial charge in [0, 0.05) is 24.7 Å². The van der Waals surface area contributed by atoms with Gasteiger partial charge in [0.1, 0.15) is 23.6 Å². The van der Waals surface area contributed by atoms with E-state index in [0.29, 0.717) is 23.7 Å². The molecular weight excluding hydrogens is 459 g/mol.